The van der Waals surface area contributed by atoms with E-state index in [0.717, 1.165) is 18.1 Å². The molecule has 0 saturated carbocycles. The Hall–Kier alpha value is -0.220. The molecular weight excluding hydrogens is 162 g/mol. The Morgan fingerprint density at radius 1 is 1.64 bits per heavy atom. The van der Waals surface area contributed by atoms with Gasteiger partial charge in [-0.25, -0.2) is 0 Å². The van der Waals surface area contributed by atoms with Crippen molar-refractivity contribution >= 4 is 17.7 Å². The van der Waals surface area contributed by atoms with Gasteiger partial charge in [0.2, 0.25) is 0 Å². The van der Waals surface area contributed by atoms with Crippen LogP contribution in [0.1, 0.15) is 6.92 Å². The van der Waals surface area contributed by atoms with Crippen molar-refractivity contribution < 1.29 is 9.53 Å². The zero-order valence-corrected chi connectivity index (χ0v) is 7.87. The summed E-state index contributed by atoms with van der Waals surface area (Å²) >= 11 is 1.85. The molecule has 0 aromatic rings. The molecular formula is C7H15NO2S. The zero-order chi connectivity index (χ0) is 8.53. The average molecular weight is 177 g/mol. The Morgan fingerprint density at radius 3 is 2.91 bits per heavy atom. The molecule has 0 fully saturated rings. The van der Waals surface area contributed by atoms with Crippen LogP contribution in [-0.4, -0.2) is 37.7 Å². The topological polar surface area (TPSA) is 38.3 Å². The highest BCUT2D eigenvalue weighted by Gasteiger charge is 1.96. The van der Waals surface area contributed by atoms with Gasteiger partial charge in [-0.15, -0.1) is 0 Å². The minimum Gasteiger partial charge on any atom is -0.468 e. The predicted molar refractivity (Wildman–Crippen MR) is 47.9 cm³/mol. The van der Waals surface area contributed by atoms with Crippen LogP contribution in [0.2, 0.25) is 0 Å². The van der Waals surface area contributed by atoms with E-state index >= 15 is 0 Å². The van der Waals surface area contributed by atoms with E-state index in [2.05, 4.69) is 17.0 Å². The molecule has 0 bridgehead atoms. The van der Waals surface area contributed by atoms with Gasteiger partial charge in [-0.1, -0.05) is 6.92 Å². The van der Waals surface area contributed by atoms with Gasteiger partial charge in [0, 0.05) is 12.3 Å². The first kappa shape index (κ1) is 10.8. The highest BCUT2D eigenvalue weighted by Crippen LogP contribution is 1.94. The fraction of sp³-hybridized carbons (Fsp3) is 0.857. The number of ether oxygens (including phenoxy) is 1. The third-order valence-corrected chi connectivity index (χ3v) is 2.03. The van der Waals surface area contributed by atoms with Crippen LogP contribution in [0.4, 0.5) is 0 Å². The molecule has 0 aliphatic rings. The van der Waals surface area contributed by atoms with E-state index in [0.29, 0.717) is 6.54 Å². The fourth-order valence-corrected chi connectivity index (χ4v) is 1.13. The van der Waals surface area contributed by atoms with Crippen LogP contribution < -0.4 is 5.32 Å². The van der Waals surface area contributed by atoms with Crippen molar-refractivity contribution in [1.29, 1.82) is 0 Å². The summed E-state index contributed by atoms with van der Waals surface area (Å²) in [5, 5.41) is 2.98. The SMILES string of the molecule is CCSCCNCC(=O)OC. The maximum Gasteiger partial charge on any atom is 0.319 e. The van der Waals surface area contributed by atoms with E-state index in [1.165, 1.54) is 7.11 Å². The zero-order valence-electron chi connectivity index (χ0n) is 7.05. The fourth-order valence-electron chi connectivity index (χ4n) is 0.551. The van der Waals surface area contributed by atoms with Crippen LogP contribution in [-0.2, 0) is 9.53 Å². The van der Waals surface area contributed by atoms with Gasteiger partial charge in [0.05, 0.1) is 13.7 Å². The van der Waals surface area contributed by atoms with Gasteiger partial charge in [-0.3, -0.25) is 4.79 Å². The summed E-state index contributed by atoms with van der Waals surface area (Å²) in [4.78, 5) is 10.6. The monoisotopic (exact) mass is 177 g/mol. The average Bonchev–Trinajstić information content (AvgIpc) is 2.04. The normalized spacial score (nSPS) is 9.64. The molecule has 0 heterocycles. The van der Waals surface area contributed by atoms with Gasteiger partial charge in [-0.05, 0) is 5.75 Å². The number of rotatable bonds is 6. The number of esters is 1. The molecule has 0 aromatic heterocycles. The van der Waals surface area contributed by atoms with Crippen molar-refractivity contribution in [2.24, 2.45) is 0 Å². The van der Waals surface area contributed by atoms with Crippen molar-refractivity contribution in [1.82, 2.24) is 5.32 Å². The van der Waals surface area contributed by atoms with Gasteiger partial charge < -0.3 is 10.1 Å². The number of thioether (sulfide) groups is 1. The second-order valence-corrected chi connectivity index (χ2v) is 3.34. The maximum absolute atomic E-state index is 10.6. The summed E-state index contributed by atoms with van der Waals surface area (Å²) in [7, 11) is 1.39. The van der Waals surface area contributed by atoms with Gasteiger partial charge in [0.15, 0.2) is 0 Å². The van der Waals surface area contributed by atoms with Gasteiger partial charge in [0.25, 0.3) is 0 Å². The number of nitrogens with one attached hydrogen (secondary N) is 1. The molecule has 0 aliphatic carbocycles. The van der Waals surface area contributed by atoms with Crippen molar-refractivity contribution in [2.45, 2.75) is 6.92 Å². The van der Waals surface area contributed by atoms with Crippen LogP contribution in [0.25, 0.3) is 0 Å². The lowest BCUT2D eigenvalue weighted by Crippen LogP contribution is -2.25. The van der Waals surface area contributed by atoms with Gasteiger partial charge in [-0.2, -0.15) is 11.8 Å². The molecule has 4 heteroatoms. The number of carbonyl (C=O) groups is 1. The van der Waals surface area contributed by atoms with E-state index in [9.17, 15) is 4.79 Å². The first-order chi connectivity index (χ1) is 5.31. The molecule has 0 unspecified atom stereocenters. The molecule has 3 nitrogen and oxygen atoms in total. The molecule has 0 rings (SSSR count). The van der Waals surface area contributed by atoms with E-state index in [1.54, 1.807) is 0 Å². The van der Waals surface area contributed by atoms with Crippen LogP contribution >= 0.6 is 11.8 Å². The minimum absolute atomic E-state index is 0.202. The predicted octanol–water partition coefficient (Wildman–Crippen LogP) is 0.502. The Labute approximate surface area is 71.9 Å². The second kappa shape index (κ2) is 7.88. The summed E-state index contributed by atoms with van der Waals surface area (Å²) in [6.07, 6.45) is 0. The van der Waals surface area contributed by atoms with Crippen LogP contribution in [0.15, 0.2) is 0 Å². The maximum atomic E-state index is 10.6. The summed E-state index contributed by atoms with van der Waals surface area (Å²) in [6, 6.07) is 0. The molecule has 1 N–H and O–H groups in total. The molecule has 0 spiro atoms. The molecule has 0 atom stereocenters. The molecule has 0 aromatic carbocycles. The molecule has 11 heavy (non-hydrogen) atoms. The van der Waals surface area contributed by atoms with Crippen LogP contribution in [0.5, 0.6) is 0 Å². The molecule has 0 amide bonds. The lowest BCUT2D eigenvalue weighted by Gasteiger charge is -2.01. The first-order valence-electron chi connectivity index (χ1n) is 3.66. The van der Waals surface area contributed by atoms with E-state index in [4.69, 9.17) is 0 Å². The lowest BCUT2D eigenvalue weighted by atomic mass is 10.6. The van der Waals surface area contributed by atoms with Crippen molar-refractivity contribution in [3.05, 3.63) is 0 Å². The summed E-state index contributed by atoms with van der Waals surface area (Å²) in [5.74, 6) is 1.97. The minimum atomic E-state index is -0.202. The highest BCUT2D eigenvalue weighted by atomic mass is 32.2. The Bertz CT molecular complexity index is 109. The van der Waals surface area contributed by atoms with Crippen LogP contribution in [0.3, 0.4) is 0 Å². The lowest BCUT2D eigenvalue weighted by molar-refractivity contribution is -0.139. The number of hydrogen-bond donors (Lipinski definition) is 1. The Morgan fingerprint density at radius 2 is 2.36 bits per heavy atom. The van der Waals surface area contributed by atoms with Crippen LogP contribution in [0, 0.1) is 0 Å². The number of carbonyl (C=O) groups excluding carboxylic acids is 1. The summed E-state index contributed by atoms with van der Waals surface area (Å²) in [6.45, 7) is 3.30. The number of hydrogen-bond acceptors (Lipinski definition) is 4. The molecule has 0 saturated heterocycles. The van der Waals surface area contributed by atoms with E-state index in [1.807, 2.05) is 11.8 Å². The third-order valence-electron chi connectivity index (χ3n) is 1.12. The van der Waals surface area contributed by atoms with Crippen molar-refractivity contribution in [3.63, 3.8) is 0 Å². The molecule has 0 radical (unpaired) electrons. The first-order valence-corrected chi connectivity index (χ1v) is 4.82. The molecule has 66 valence electrons. The Kier molecular flexibility index (Phi) is 7.72. The Balaban J connectivity index is 2.95. The van der Waals surface area contributed by atoms with Gasteiger partial charge in [0.1, 0.15) is 0 Å². The number of methoxy groups -OCH3 is 1. The van der Waals surface area contributed by atoms with Crippen molar-refractivity contribution in [3.8, 4) is 0 Å². The van der Waals surface area contributed by atoms with E-state index < -0.39 is 0 Å². The van der Waals surface area contributed by atoms with E-state index in [-0.39, 0.29) is 5.97 Å². The second-order valence-electron chi connectivity index (χ2n) is 1.95. The third kappa shape index (κ3) is 7.68. The highest BCUT2D eigenvalue weighted by molar-refractivity contribution is 7.99. The van der Waals surface area contributed by atoms with Gasteiger partial charge >= 0.3 is 5.97 Å². The summed E-state index contributed by atoms with van der Waals surface area (Å²) < 4.78 is 4.45. The summed E-state index contributed by atoms with van der Waals surface area (Å²) in [5.41, 5.74) is 0. The smallest absolute Gasteiger partial charge is 0.319 e. The molecule has 0 aliphatic heterocycles. The quantitative estimate of drug-likeness (QED) is 0.474. The largest absolute Gasteiger partial charge is 0.468 e. The standard InChI is InChI=1S/C7H15NO2S/c1-3-11-5-4-8-6-7(9)10-2/h8H,3-6H2,1-2H3. The van der Waals surface area contributed by atoms with Crippen molar-refractivity contribution in [2.75, 3.05) is 31.7 Å².